The first-order valence-electron chi connectivity index (χ1n) is 10.9. The fraction of sp³-hybridized carbons (Fsp3) is 0.640. The fourth-order valence-corrected chi connectivity index (χ4v) is 7.23. The molecular weight excluding hydrogens is 364 g/mol. The van der Waals surface area contributed by atoms with Crippen molar-refractivity contribution in [3.63, 3.8) is 0 Å². The maximum Gasteiger partial charge on any atom is 0.303 e. The number of carbonyl (C=O) groups is 3. The van der Waals surface area contributed by atoms with Gasteiger partial charge in [0.05, 0.1) is 0 Å². The molecule has 2 fully saturated rings. The van der Waals surface area contributed by atoms with E-state index in [-0.39, 0.29) is 34.9 Å². The maximum atomic E-state index is 13.0. The molecule has 4 rings (SSSR count). The summed E-state index contributed by atoms with van der Waals surface area (Å²) in [7, 11) is 0. The van der Waals surface area contributed by atoms with E-state index < -0.39 is 5.97 Å². The van der Waals surface area contributed by atoms with Gasteiger partial charge in [0.25, 0.3) is 0 Å². The van der Waals surface area contributed by atoms with Gasteiger partial charge in [-0.2, -0.15) is 0 Å². The van der Waals surface area contributed by atoms with Gasteiger partial charge in [-0.15, -0.1) is 0 Å². The molecule has 4 nitrogen and oxygen atoms in total. The molecule has 0 radical (unpaired) electrons. The van der Waals surface area contributed by atoms with Crippen LogP contribution in [0.1, 0.15) is 59.8 Å². The molecule has 4 aliphatic carbocycles. The van der Waals surface area contributed by atoms with Crippen molar-refractivity contribution >= 4 is 17.5 Å². The molecule has 6 atom stereocenters. The van der Waals surface area contributed by atoms with Gasteiger partial charge in [0.2, 0.25) is 0 Å². The highest BCUT2D eigenvalue weighted by molar-refractivity contribution is 5.92. The van der Waals surface area contributed by atoms with Crippen LogP contribution in [0.15, 0.2) is 35.5 Å². The van der Waals surface area contributed by atoms with E-state index >= 15 is 0 Å². The highest BCUT2D eigenvalue weighted by Gasteiger charge is 2.60. The third-order valence-corrected chi connectivity index (χ3v) is 8.56. The highest BCUT2D eigenvalue weighted by atomic mass is 16.5. The molecule has 0 amide bonds. The highest BCUT2D eigenvalue weighted by Crippen LogP contribution is 2.66. The Morgan fingerprint density at radius 1 is 1.24 bits per heavy atom. The number of carbonyl (C=O) groups excluding carboxylic acids is 3. The fourth-order valence-electron chi connectivity index (χ4n) is 7.23. The van der Waals surface area contributed by atoms with Crippen LogP contribution in [0.25, 0.3) is 0 Å². The molecule has 4 heteroatoms. The lowest BCUT2D eigenvalue weighted by Gasteiger charge is -2.56. The van der Waals surface area contributed by atoms with E-state index in [1.807, 2.05) is 6.08 Å². The second-order valence-corrected chi connectivity index (χ2v) is 10.2. The number of fused-ring (bicyclic) bond motifs is 5. The summed E-state index contributed by atoms with van der Waals surface area (Å²) in [5.74, 6) is 0.837. The molecular formula is C25H32O4. The summed E-state index contributed by atoms with van der Waals surface area (Å²) in [5, 5.41) is 0. The molecule has 0 bridgehead atoms. The monoisotopic (exact) mass is 396 g/mol. The molecule has 0 aromatic heterocycles. The Hall–Kier alpha value is -1.97. The first kappa shape index (κ1) is 20.3. The van der Waals surface area contributed by atoms with Gasteiger partial charge in [-0.1, -0.05) is 37.6 Å². The minimum atomic E-state index is -0.419. The van der Waals surface area contributed by atoms with Crippen LogP contribution < -0.4 is 0 Å². The molecule has 4 aliphatic rings. The van der Waals surface area contributed by atoms with Crippen LogP contribution in [0, 0.1) is 34.5 Å². The van der Waals surface area contributed by atoms with Gasteiger partial charge in [-0.05, 0) is 72.8 Å². The van der Waals surface area contributed by atoms with Crippen molar-refractivity contribution in [2.45, 2.75) is 59.8 Å². The Kier molecular flexibility index (Phi) is 4.75. The van der Waals surface area contributed by atoms with Gasteiger partial charge in [0.15, 0.2) is 18.2 Å². The lowest BCUT2D eigenvalue weighted by atomic mass is 9.47. The second-order valence-electron chi connectivity index (χ2n) is 10.2. The number of esters is 1. The molecule has 0 heterocycles. The third kappa shape index (κ3) is 2.98. The Bertz CT molecular complexity index is 862. The summed E-state index contributed by atoms with van der Waals surface area (Å²) < 4.78 is 5.03. The van der Waals surface area contributed by atoms with E-state index in [2.05, 4.69) is 33.4 Å². The number of rotatable bonds is 3. The van der Waals surface area contributed by atoms with Gasteiger partial charge in [0, 0.05) is 19.3 Å². The summed E-state index contributed by atoms with van der Waals surface area (Å²) in [5.41, 5.74) is 3.35. The quantitative estimate of drug-likeness (QED) is 0.517. The Labute approximate surface area is 173 Å². The predicted molar refractivity (Wildman–Crippen MR) is 111 cm³/mol. The van der Waals surface area contributed by atoms with E-state index in [1.54, 1.807) is 0 Å². The maximum absolute atomic E-state index is 13.0. The first-order chi connectivity index (χ1) is 13.6. The number of ketones is 2. The summed E-state index contributed by atoms with van der Waals surface area (Å²) in [6, 6.07) is 0. The molecule has 2 saturated carbocycles. The zero-order valence-corrected chi connectivity index (χ0v) is 18.0. The number of ether oxygens (including phenoxy) is 1. The van der Waals surface area contributed by atoms with Crippen LogP contribution in [-0.4, -0.2) is 24.1 Å². The van der Waals surface area contributed by atoms with E-state index in [9.17, 15) is 14.4 Å². The molecule has 0 spiro atoms. The standard InChI is InChI=1S/C25H32O4/c1-14-10-18-19(24(4)8-6-17(27)12-20(14)24)7-9-25(5)21(18)11-15(2)23(25)22(28)13-29-16(3)26/h10,12,18-19,21,23H,2,6-9,11,13H2,1,3-5H3/t18-,19+,21+,23-,24-,25+/m1/s1. The van der Waals surface area contributed by atoms with Crippen LogP contribution in [0.4, 0.5) is 0 Å². The molecule has 29 heavy (non-hydrogen) atoms. The Balaban J connectivity index is 1.69. The van der Waals surface area contributed by atoms with Crippen molar-refractivity contribution in [1.29, 1.82) is 0 Å². The third-order valence-electron chi connectivity index (χ3n) is 8.56. The lowest BCUT2D eigenvalue weighted by Crippen LogP contribution is -2.50. The van der Waals surface area contributed by atoms with Gasteiger partial charge in [-0.3, -0.25) is 14.4 Å². The molecule has 0 aliphatic heterocycles. The van der Waals surface area contributed by atoms with Crippen LogP contribution in [0.3, 0.4) is 0 Å². The second kappa shape index (κ2) is 6.78. The van der Waals surface area contributed by atoms with Crippen LogP contribution in [0.2, 0.25) is 0 Å². The number of hydrogen-bond donors (Lipinski definition) is 0. The number of hydrogen-bond acceptors (Lipinski definition) is 4. The normalized spacial score (nSPS) is 41.0. The molecule has 0 unspecified atom stereocenters. The number of allylic oxidation sites excluding steroid dienone is 5. The first-order valence-corrected chi connectivity index (χ1v) is 10.9. The Morgan fingerprint density at radius 3 is 2.66 bits per heavy atom. The topological polar surface area (TPSA) is 60.4 Å². The zero-order valence-electron chi connectivity index (χ0n) is 18.0. The van der Waals surface area contributed by atoms with Crippen molar-refractivity contribution in [2.24, 2.45) is 34.5 Å². The van der Waals surface area contributed by atoms with Crippen LogP contribution in [-0.2, 0) is 19.1 Å². The predicted octanol–water partition coefficient (Wildman–Crippen LogP) is 4.60. The van der Waals surface area contributed by atoms with Crippen molar-refractivity contribution in [2.75, 3.05) is 6.61 Å². The molecule has 0 N–H and O–H groups in total. The average Bonchev–Trinajstić information content (AvgIpc) is 2.92. The smallest absolute Gasteiger partial charge is 0.303 e. The SMILES string of the molecule is C=C1C[C@H]2[C@@H]3C=C(C)C4=CC(=O)CC[C@]4(C)[C@H]3CC[C@]2(C)[C@H]1C(=O)COC(C)=O. The van der Waals surface area contributed by atoms with Gasteiger partial charge >= 0.3 is 5.97 Å². The summed E-state index contributed by atoms with van der Waals surface area (Å²) >= 11 is 0. The largest absolute Gasteiger partial charge is 0.458 e. The van der Waals surface area contributed by atoms with Crippen molar-refractivity contribution in [3.05, 3.63) is 35.5 Å². The van der Waals surface area contributed by atoms with Crippen LogP contribution >= 0.6 is 0 Å². The van der Waals surface area contributed by atoms with Crippen LogP contribution in [0.5, 0.6) is 0 Å². The number of Topliss-reactive ketones (excluding diaryl/α,β-unsaturated/α-hetero) is 1. The zero-order chi connectivity index (χ0) is 21.1. The van der Waals surface area contributed by atoms with Crippen molar-refractivity contribution in [3.8, 4) is 0 Å². The van der Waals surface area contributed by atoms with E-state index in [4.69, 9.17) is 4.74 Å². The van der Waals surface area contributed by atoms with Gasteiger partial charge in [-0.25, -0.2) is 0 Å². The van der Waals surface area contributed by atoms with Gasteiger partial charge in [0.1, 0.15) is 0 Å². The van der Waals surface area contributed by atoms with E-state index in [0.29, 0.717) is 24.2 Å². The lowest BCUT2D eigenvalue weighted by molar-refractivity contribution is -0.148. The molecule has 156 valence electrons. The Morgan fingerprint density at radius 2 is 1.97 bits per heavy atom. The summed E-state index contributed by atoms with van der Waals surface area (Å²) in [4.78, 5) is 36.2. The summed E-state index contributed by atoms with van der Waals surface area (Å²) in [6.07, 6.45) is 8.69. The molecule has 0 aromatic rings. The summed E-state index contributed by atoms with van der Waals surface area (Å²) in [6.45, 7) is 12.2. The average molecular weight is 397 g/mol. The van der Waals surface area contributed by atoms with Crippen molar-refractivity contribution in [1.82, 2.24) is 0 Å². The van der Waals surface area contributed by atoms with E-state index in [0.717, 1.165) is 31.3 Å². The molecule has 0 saturated heterocycles. The molecule has 0 aromatic carbocycles. The minimum absolute atomic E-state index is 0.0137. The van der Waals surface area contributed by atoms with Gasteiger partial charge < -0.3 is 4.74 Å². The van der Waals surface area contributed by atoms with E-state index in [1.165, 1.54) is 18.1 Å². The minimum Gasteiger partial charge on any atom is -0.458 e. The van der Waals surface area contributed by atoms with Crippen molar-refractivity contribution < 1.29 is 19.1 Å².